The SMILES string of the molecule is CC(=O)N1C[C@H](c2nc(Nc3cc(C)cc(-c4cn(C)nn4)c3)cc(-c3cnccn3)n2)CCC1(C)C. The minimum atomic E-state index is -0.190. The summed E-state index contributed by atoms with van der Waals surface area (Å²) in [7, 11) is 1.85. The van der Waals surface area contributed by atoms with Gasteiger partial charge in [0, 0.05) is 61.7 Å². The van der Waals surface area contributed by atoms with Gasteiger partial charge in [-0.05, 0) is 57.4 Å². The van der Waals surface area contributed by atoms with E-state index in [4.69, 9.17) is 9.97 Å². The van der Waals surface area contributed by atoms with Gasteiger partial charge in [0.1, 0.15) is 23.0 Å². The number of carbonyl (C=O) groups is 1. The molecule has 10 nitrogen and oxygen atoms in total. The number of anilines is 2. The number of aryl methyl sites for hydroxylation is 2. The van der Waals surface area contributed by atoms with Crippen LogP contribution in [0, 0.1) is 6.92 Å². The maximum absolute atomic E-state index is 12.4. The van der Waals surface area contributed by atoms with Crippen LogP contribution in [0.2, 0.25) is 0 Å². The van der Waals surface area contributed by atoms with E-state index >= 15 is 0 Å². The summed E-state index contributed by atoms with van der Waals surface area (Å²) in [5.41, 5.74) is 4.88. The molecule has 1 fully saturated rings. The van der Waals surface area contributed by atoms with Crippen LogP contribution in [0.25, 0.3) is 22.6 Å². The molecule has 1 aliphatic rings. The smallest absolute Gasteiger partial charge is 0.219 e. The van der Waals surface area contributed by atoms with E-state index in [0.29, 0.717) is 29.6 Å². The zero-order valence-electron chi connectivity index (χ0n) is 21.8. The van der Waals surface area contributed by atoms with Crippen LogP contribution in [0.4, 0.5) is 11.5 Å². The number of amides is 1. The first-order valence-electron chi connectivity index (χ1n) is 12.4. The Morgan fingerprint density at radius 1 is 1.08 bits per heavy atom. The average Bonchev–Trinajstić information content (AvgIpc) is 3.30. The highest BCUT2D eigenvalue weighted by atomic mass is 16.2. The Kier molecular flexibility index (Phi) is 6.41. The molecule has 0 spiro atoms. The minimum Gasteiger partial charge on any atom is -0.340 e. The van der Waals surface area contributed by atoms with Gasteiger partial charge in [0.2, 0.25) is 5.91 Å². The second-order valence-electron chi connectivity index (χ2n) is 10.3. The van der Waals surface area contributed by atoms with Crippen LogP contribution < -0.4 is 5.32 Å². The van der Waals surface area contributed by atoms with Crippen molar-refractivity contribution in [1.29, 1.82) is 0 Å². The van der Waals surface area contributed by atoms with Crippen molar-refractivity contribution in [3.63, 3.8) is 0 Å². The summed E-state index contributed by atoms with van der Waals surface area (Å²) in [4.78, 5) is 32.8. The maximum Gasteiger partial charge on any atom is 0.219 e. The van der Waals surface area contributed by atoms with Crippen molar-refractivity contribution in [2.24, 2.45) is 7.05 Å². The van der Waals surface area contributed by atoms with Crippen LogP contribution in [-0.2, 0) is 11.8 Å². The predicted molar refractivity (Wildman–Crippen MR) is 141 cm³/mol. The molecular weight excluding hydrogens is 466 g/mol. The first kappa shape index (κ1) is 24.5. The number of likely N-dealkylation sites (tertiary alicyclic amines) is 1. The van der Waals surface area contributed by atoms with Gasteiger partial charge >= 0.3 is 0 Å². The van der Waals surface area contributed by atoms with Crippen LogP contribution in [-0.4, -0.2) is 57.8 Å². The fourth-order valence-electron chi connectivity index (χ4n) is 4.89. The van der Waals surface area contributed by atoms with Gasteiger partial charge in [0.25, 0.3) is 0 Å². The summed E-state index contributed by atoms with van der Waals surface area (Å²) >= 11 is 0. The van der Waals surface area contributed by atoms with Gasteiger partial charge in [-0.25, -0.2) is 9.97 Å². The normalized spacial score (nSPS) is 17.0. The van der Waals surface area contributed by atoms with E-state index in [-0.39, 0.29) is 17.4 Å². The van der Waals surface area contributed by atoms with Crippen LogP contribution in [0.5, 0.6) is 0 Å². The zero-order chi connectivity index (χ0) is 26.2. The number of aromatic nitrogens is 7. The van der Waals surface area contributed by atoms with E-state index in [1.165, 1.54) is 0 Å². The summed E-state index contributed by atoms with van der Waals surface area (Å²) in [5, 5.41) is 11.8. The van der Waals surface area contributed by atoms with E-state index in [2.05, 4.69) is 51.6 Å². The number of rotatable bonds is 5. The fourth-order valence-corrected chi connectivity index (χ4v) is 4.89. The van der Waals surface area contributed by atoms with Crippen molar-refractivity contribution in [2.45, 2.75) is 52.0 Å². The molecule has 10 heteroatoms. The van der Waals surface area contributed by atoms with E-state index in [1.54, 1.807) is 30.2 Å². The van der Waals surface area contributed by atoms with Gasteiger partial charge in [0.05, 0.1) is 18.1 Å². The summed E-state index contributed by atoms with van der Waals surface area (Å²) in [6, 6.07) is 8.05. The summed E-state index contributed by atoms with van der Waals surface area (Å²) < 4.78 is 1.68. The Labute approximate surface area is 216 Å². The van der Waals surface area contributed by atoms with Crippen LogP contribution in [0.15, 0.2) is 49.1 Å². The molecule has 1 aliphatic heterocycles. The molecule has 1 atom stereocenters. The Hall–Kier alpha value is -4.21. The largest absolute Gasteiger partial charge is 0.340 e. The molecule has 37 heavy (non-hydrogen) atoms. The van der Waals surface area contributed by atoms with Crippen LogP contribution >= 0.6 is 0 Å². The van der Waals surface area contributed by atoms with Crippen LogP contribution in [0.1, 0.15) is 50.9 Å². The number of hydrogen-bond donors (Lipinski definition) is 1. The number of nitrogens with zero attached hydrogens (tertiary/aromatic N) is 8. The molecule has 0 aliphatic carbocycles. The van der Waals surface area contributed by atoms with Crippen LogP contribution in [0.3, 0.4) is 0 Å². The summed E-state index contributed by atoms with van der Waals surface area (Å²) in [5.74, 6) is 1.42. The number of piperidine rings is 1. The molecule has 0 saturated carbocycles. The number of hydrogen-bond acceptors (Lipinski definition) is 8. The lowest BCUT2D eigenvalue weighted by molar-refractivity contribution is -0.136. The van der Waals surface area contributed by atoms with Crippen molar-refractivity contribution >= 4 is 17.4 Å². The standard InChI is InChI=1S/C27H31N9O/c1-17-10-20(24-16-35(5)34-33-24)12-21(11-17)30-25-13-22(23-14-28-8-9-29-23)31-26(32-25)19-6-7-27(3,4)36(15-19)18(2)37/h8-14,16,19H,6-7,15H2,1-5H3,(H,30,31,32)/t19-/m1/s1. The lowest BCUT2D eigenvalue weighted by Crippen LogP contribution is -2.52. The Balaban J connectivity index is 1.52. The van der Waals surface area contributed by atoms with Crippen molar-refractivity contribution < 1.29 is 4.79 Å². The maximum atomic E-state index is 12.4. The average molecular weight is 498 g/mol. The fraction of sp³-hybridized carbons (Fsp3) is 0.370. The highest BCUT2D eigenvalue weighted by Gasteiger charge is 2.37. The van der Waals surface area contributed by atoms with Gasteiger partial charge in [-0.1, -0.05) is 5.21 Å². The molecule has 5 rings (SSSR count). The Bertz CT molecular complexity index is 1430. The molecule has 4 heterocycles. The molecule has 1 aromatic carbocycles. The lowest BCUT2D eigenvalue weighted by Gasteiger charge is -2.44. The van der Waals surface area contributed by atoms with Crippen molar-refractivity contribution in [2.75, 3.05) is 11.9 Å². The predicted octanol–water partition coefficient (Wildman–Crippen LogP) is 4.29. The molecule has 0 bridgehead atoms. The molecular formula is C27H31N9O. The molecule has 1 amide bonds. The zero-order valence-corrected chi connectivity index (χ0v) is 21.8. The number of nitrogens with one attached hydrogen (secondary N) is 1. The third kappa shape index (κ3) is 5.32. The Morgan fingerprint density at radius 2 is 1.92 bits per heavy atom. The van der Waals surface area contributed by atoms with E-state index in [1.807, 2.05) is 37.2 Å². The van der Waals surface area contributed by atoms with Gasteiger partial charge in [-0.3, -0.25) is 19.4 Å². The van der Waals surface area contributed by atoms with Gasteiger partial charge < -0.3 is 10.2 Å². The number of benzene rings is 1. The van der Waals surface area contributed by atoms with Gasteiger partial charge in [0.15, 0.2) is 0 Å². The quantitative estimate of drug-likeness (QED) is 0.434. The molecule has 0 unspecified atom stereocenters. The summed E-state index contributed by atoms with van der Waals surface area (Å²) in [6.45, 7) is 8.47. The van der Waals surface area contributed by atoms with Gasteiger partial charge in [-0.2, -0.15) is 0 Å². The highest BCUT2D eigenvalue weighted by Crippen LogP contribution is 2.36. The van der Waals surface area contributed by atoms with Crippen molar-refractivity contribution in [3.8, 4) is 22.6 Å². The molecule has 4 aromatic rings. The topological polar surface area (TPSA) is 115 Å². The molecule has 190 valence electrons. The first-order chi connectivity index (χ1) is 17.7. The summed E-state index contributed by atoms with van der Waals surface area (Å²) in [6.07, 6.45) is 8.64. The highest BCUT2D eigenvalue weighted by molar-refractivity contribution is 5.74. The van der Waals surface area contributed by atoms with Crippen molar-refractivity contribution in [1.82, 2.24) is 39.8 Å². The lowest BCUT2D eigenvalue weighted by atomic mass is 9.84. The molecule has 1 saturated heterocycles. The van der Waals surface area contributed by atoms with E-state index in [9.17, 15) is 4.79 Å². The second-order valence-corrected chi connectivity index (χ2v) is 10.3. The second kappa shape index (κ2) is 9.68. The molecule has 0 radical (unpaired) electrons. The van der Waals surface area contributed by atoms with Gasteiger partial charge in [-0.15, -0.1) is 5.10 Å². The third-order valence-corrected chi connectivity index (χ3v) is 6.80. The molecule has 1 N–H and O–H groups in total. The third-order valence-electron chi connectivity index (χ3n) is 6.80. The minimum absolute atomic E-state index is 0.0155. The molecule has 3 aromatic heterocycles. The van der Waals surface area contributed by atoms with Crippen molar-refractivity contribution in [3.05, 3.63) is 60.4 Å². The number of carbonyl (C=O) groups excluding carboxylic acids is 1. The monoisotopic (exact) mass is 497 g/mol. The van der Waals surface area contributed by atoms with E-state index in [0.717, 1.165) is 35.3 Å². The Morgan fingerprint density at radius 3 is 2.62 bits per heavy atom. The van der Waals surface area contributed by atoms with E-state index < -0.39 is 0 Å². The first-order valence-corrected chi connectivity index (χ1v) is 12.4.